The van der Waals surface area contributed by atoms with E-state index in [9.17, 15) is 19.2 Å². The largest absolute Gasteiger partial charge is 0.480 e. The Balaban J connectivity index is 2.51. The number of rotatable bonds is 9. The Morgan fingerprint density at radius 1 is 1.03 bits per heavy atom. The van der Waals surface area contributed by atoms with Crippen molar-refractivity contribution in [2.24, 2.45) is 17.8 Å². The molecule has 4 N–H and O–H groups in total. The van der Waals surface area contributed by atoms with E-state index in [4.69, 9.17) is 9.84 Å². The van der Waals surface area contributed by atoms with Gasteiger partial charge in [0.15, 0.2) is 0 Å². The average Bonchev–Trinajstić information content (AvgIpc) is 2.68. The minimum atomic E-state index is -1.05. The van der Waals surface area contributed by atoms with Crippen LogP contribution in [0.1, 0.15) is 73.6 Å². The first-order chi connectivity index (χ1) is 14.3. The van der Waals surface area contributed by atoms with Crippen molar-refractivity contribution in [2.45, 2.75) is 91.3 Å². The summed E-state index contributed by atoms with van der Waals surface area (Å²) in [6.07, 6.45) is 2.96. The molecule has 1 aliphatic carbocycles. The molecular weight excluding hydrogens is 402 g/mol. The Bertz CT molecular complexity index is 638. The molecule has 178 valence electrons. The number of aliphatic carboxylic acids is 1. The molecule has 1 saturated carbocycles. The fraction of sp³-hybridized carbons (Fsp3) is 0.818. The van der Waals surface area contributed by atoms with Crippen molar-refractivity contribution in [1.29, 1.82) is 0 Å². The number of carbonyl (C=O) groups excluding carboxylic acids is 3. The topological polar surface area (TPSA) is 134 Å². The monoisotopic (exact) mass is 441 g/mol. The molecule has 0 aromatic heterocycles. The maximum atomic E-state index is 12.7. The fourth-order valence-corrected chi connectivity index (χ4v) is 3.51. The van der Waals surface area contributed by atoms with Crippen LogP contribution in [0.5, 0.6) is 0 Å². The number of amides is 3. The highest BCUT2D eigenvalue weighted by molar-refractivity contribution is 5.86. The highest BCUT2D eigenvalue weighted by atomic mass is 16.6. The normalized spacial score (nSPS) is 21.9. The summed E-state index contributed by atoms with van der Waals surface area (Å²) in [5.41, 5.74) is -0.645. The summed E-state index contributed by atoms with van der Waals surface area (Å²) < 4.78 is 5.28. The third-order valence-electron chi connectivity index (χ3n) is 5.68. The van der Waals surface area contributed by atoms with Crippen molar-refractivity contribution >= 4 is 23.9 Å². The van der Waals surface area contributed by atoms with Gasteiger partial charge >= 0.3 is 12.1 Å². The standard InChI is InChI=1S/C22H39N3O6/c1-7-13(2)17(25-21(30)31-22(4,5)6)19(27)23-12-15-8-10-16(11-9-15)18(26)24-14(3)20(28)29/h13-17H,7-12H2,1-6H3,(H,23,27)(H,24,26)(H,25,30)(H,28,29)/t13-,14-,15?,16?,17-/m0/s1. The molecule has 0 heterocycles. The number of hydrogen-bond acceptors (Lipinski definition) is 5. The summed E-state index contributed by atoms with van der Waals surface area (Å²) in [4.78, 5) is 48.0. The van der Waals surface area contributed by atoms with Crippen LogP contribution < -0.4 is 16.0 Å². The van der Waals surface area contributed by atoms with Gasteiger partial charge in [0.05, 0.1) is 0 Å². The van der Waals surface area contributed by atoms with Crippen molar-refractivity contribution in [2.75, 3.05) is 6.54 Å². The van der Waals surface area contributed by atoms with E-state index >= 15 is 0 Å². The molecule has 9 nitrogen and oxygen atoms in total. The van der Waals surface area contributed by atoms with Crippen LogP contribution in [0.15, 0.2) is 0 Å². The molecule has 1 rings (SSSR count). The van der Waals surface area contributed by atoms with Crippen LogP contribution in [-0.4, -0.2) is 53.2 Å². The Morgan fingerprint density at radius 3 is 2.10 bits per heavy atom. The molecule has 0 radical (unpaired) electrons. The van der Waals surface area contributed by atoms with E-state index in [0.29, 0.717) is 19.4 Å². The molecule has 0 bridgehead atoms. The highest BCUT2D eigenvalue weighted by Crippen LogP contribution is 2.28. The molecule has 1 aliphatic rings. The van der Waals surface area contributed by atoms with Gasteiger partial charge in [0.2, 0.25) is 11.8 Å². The van der Waals surface area contributed by atoms with Gasteiger partial charge in [-0.25, -0.2) is 4.79 Å². The van der Waals surface area contributed by atoms with E-state index < -0.39 is 29.7 Å². The van der Waals surface area contributed by atoms with Crippen molar-refractivity contribution < 1.29 is 29.0 Å². The molecule has 3 atom stereocenters. The number of ether oxygens (including phenoxy) is 1. The average molecular weight is 442 g/mol. The molecule has 0 aliphatic heterocycles. The van der Waals surface area contributed by atoms with Gasteiger partial charge in [-0.1, -0.05) is 20.3 Å². The van der Waals surface area contributed by atoms with Crippen LogP contribution in [0, 0.1) is 17.8 Å². The molecule has 0 aromatic carbocycles. The summed E-state index contributed by atoms with van der Waals surface area (Å²) in [7, 11) is 0. The van der Waals surface area contributed by atoms with Crippen molar-refractivity contribution in [3.63, 3.8) is 0 Å². The number of alkyl carbamates (subject to hydrolysis) is 1. The first-order valence-electron chi connectivity index (χ1n) is 11.1. The van der Waals surface area contributed by atoms with Gasteiger partial charge < -0.3 is 25.8 Å². The lowest BCUT2D eigenvalue weighted by molar-refractivity contribution is -0.142. The van der Waals surface area contributed by atoms with Crippen molar-refractivity contribution in [3.8, 4) is 0 Å². The van der Waals surface area contributed by atoms with Crippen LogP contribution >= 0.6 is 0 Å². The SMILES string of the molecule is CC[C@H](C)[C@H](NC(=O)OC(C)(C)C)C(=O)NCC1CCC(C(=O)N[C@@H](C)C(=O)O)CC1. The Morgan fingerprint density at radius 2 is 1.61 bits per heavy atom. The second kappa shape index (κ2) is 11.9. The van der Waals surface area contributed by atoms with Crippen molar-refractivity contribution in [1.82, 2.24) is 16.0 Å². The van der Waals surface area contributed by atoms with Crippen LogP contribution in [0.2, 0.25) is 0 Å². The Kier molecular flexibility index (Phi) is 10.3. The first kappa shape index (κ1) is 26.7. The third-order valence-corrected chi connectivity index (χ3v) is 5.68. The molecule has 3 amide bonds. The van der Waals surface area contributed by atoms with Gasteiger partial charge in [-0.15, -0.1) is 0 Å². The smallest absolute Gasteiger partial charge is 0.408 e. The number of carboxylic acid groups (broad SMARTS) is 1. The maximum absolute atomic E-state index is 12.7. The van der Waals surface area contributed by atoms with Crippen LogP contribution in [0.3, 0.4) is 0 Å². The number of carbonyl (C=O) groups is 4. The Hall–Kier alpha value is -2.32. The van der Waals surface area contributed by atoms with E-state index in [1.165, 1.54) is 6.92 Å². The minimum absolute atomic E-state index is 0.0526. The Labute approximate surface area is 185 Å². The zero-order chi connectivity index (χ0) is 23.8. The van der Waals surface area contributed by atoms with E-state index in [1.54, 1.807) is 20.8 Å². The third kappa shape index (κ3) is 9.57. The molecule has 0 unspecified atom stereocenters. The van der Waals surface area contributed by atoms with Crippen LogP contribution in [0.4, 0.5) is 4.79 Å². The predicted octanol–water partition coefficient (Wildman–Crippen LogP) is 2.44. The number of carboxylic acids is 1. The van der Waals surface area contributed by atoms with Gasteiger partial charge in [0.25, 0.3) is 0 Å². The number of hydrogen-bond donors (Lipinski definition) is 4. The first-order valence-corrected chi connectivity index (χ1v) is 11.1. The lowest BCUT2D eigenvalue weighted by Crippen LogP contribution is -2.52. The second-order valence-electron chi connectivity index (χ2n) is 9.54. The van der Waals surface area contributed by atoms with Crippen LogP contribution in [-0.2, 0) is 19.1 Å². The summed E-state index contributed by atoms with van der Waals surface area (Å²) in [6.45, 7) is 11.1. The van der Waals surface area contributed by atoms with Gasteiger partial charge in [-0.2, -0.15) is 0 Å². The van der Waals surface area contributed by atoms with E-state index in [-0.39, 0.29) is 29.6 Å². The molecule has 0 spiro atoms. The summed E-state index contributed by atoms with van der Waals surface area (Å²) in [6, 6.07) is -1.58. The minimum Gasteiger partial charge on any atom is -0.480 e. The predicted molar refractivity (Wildman–Crippen MR) is 116 cm³/mol. The van der Waals surface area contributed by atoms with Crippen molar-refractivity contribution in [3.05, 3.63) is 0 Å². The fourth-order valence-electron chi connectivity index (χ4n) is 3.51. The number of nitrogens with one attached hydrogen (secondary N) is 3. The molecular formula is C22H39N3O6. The summed E-state index contributed by atoms with van der Waals surface area (Å²) in [5, 5.41) is 17.1. The lowest BCUT2D eigenvalue weighted by atomic mass is 9.81. The molecule has 0 aromatic rings. The molecule has 0 saturated heterocycles. The van der Waals surface area contributed by atoms with E-state index in [2.05, 4.69) is 16.0 Å². The van der Waals surface area contributed by atoms with Gasteiger partial charge in [0.1, 0.15) is 17.7 Å². The maximum Gasteiger partial charge on any atom is 0.408 e. The second-order valence-corrected chi connectivity index (χ2v) is 9.54. The summed E-state index contributed by atoms with van der Waals surface area (Å²) >= 11 is 0. The molecule has 31 heavy (non-hydrogen) atoms. The zero-order valence-corrected chi connectivity index (χ0v) is 19.6. The van der Waals surface area contributed by atoms with Crippen LogP contribution in [0.25, 0.3) is 0 Å². The highest BCUT2D eigenvalue weighted by Gasteiger charge is 2.31. The van der Waals surface area contributed by atoms with Gasteiger partial charge in [0, 0.05) is 12.5 Å². The lowest BCUT2D eigenvalue weighted by Gasteiger charge is -2.30. The van der Waals surface area contributed by atoms with Gasteiger partial charge in [-0.3, -0.25) is 14.4 Å². The van der Waals surface area contributed by atoms with E-state index in [0.717, 1.165) is 19.3 Å². The van der Waals surface area contributed by atoms with E-state index in [1.807, 2.05) is 13.8 Å². The zero-order valence-electron chi connectivity index (χ0n) is 19.6. The summed E-state index contributed by atoms with van der Waals surface area (Å²) in [5.74, 6) is -1.53. The quantitative estimate of drug-likeness (QED) is 0.434. The molecule has 9 heteroatoms. The molecule has 1 fully saturated rings. The van der Waals surface area contributed by atoms with Gasteiger partial charge in [-0.05, 0) is 65.2 Å².